The number of aryl methyl sites for hydroxylation is 2. The van der Waals surface area contributed by atoms with E-state index in [9.17, 15) is 21.6 Å². The monoisotopic (exact) mass is 494 g/mol. The molecule has 34 heavy (non-hydrogen) atoms. The van der Waals surface area contributed by atoms with Gasteiger partial charge in [0.25, 0.3) is 0 Å². The first kappa shape index (κ1) is 24.1. The van der Waals surface area contributed by atoms with Crippen LogP contribution in [-0.4, -0.2) is 24.9 Å². The highest BCUT2D eigenvalue weighted by Crippen LogP contribution is 2.38. The van der Waals surface area contributed by atoms with Crippen LogP contribution in [-0.2, 0) is 29.0 Å². The van der Waals surface area contributed by atoms with Crippen molar-refractivity contribution in [3.8, 4) is 0 Å². The van der Waals surface area contributed by atoms with Gasteiger partial charge >= 0.3 is 6.18 Å². The van der Waals surface area contributed by atoms with E-state index in [-0.39, 0.29) is 28.9 Å². The Labute approximate surface area is 194 Å². The minimum Gasteiger partial charge on any atom is -0.347 e. The molecule has 0 amide bonds. The Morgan fingerprint density at radius 1 is 1.00 bits per heavy atom. The third kappa shape index (κ3) is 5.20. The van der Waals surface area contributed by atoms with Gasteiger partial charge in [-0.25, -0.2) is 27.9 Å². The number of sulfonamides is 1. The summed E-state index contributed by atoms with van der Waals surface area (Å²) in [6.07, 6.45) is -1.04. The summed E-state index contributed by atoms with van der Waals surface area (Å²) >= 11 is 0. The van der Waals surface area contributed by atoms with Crippen LogP contribution in [0.15, 0.2) is 59.8 Å². The summed E-state index contributed by atoms with van der Waals surface area (Å²) in [6.45, 7) is 0.522. The Bertz CT molecular complexity index is 1260. The van der Waals surface area contributed by atoms with Gasteiger partial charge < -0.3 is 4.90 Å². The number of hydrogen-bond acceptors (Lipinski definition) is 5. The number of primary sulfonamides is 1. The summed E-state index contributed by atoms with van der Waals surface area (Å²) in [5.41, 5.74) is 0.933. The number of rotatable bonds is 6. The van der Waals surface area contributed by atoms with E-state index in [4.69, 9.17) is 5.14 Å². The smallest absolute Gasteiger partial charge is 0.347 e. The third-order valence-electron chi connectivity index (χ3n) is 5.89. The highest BCUT2D eigenvalue weighted by Gasteiger charge is 2.33. The minimum atomic E-state index is -4.42. The van der Waals surface area contributed by atoms with Crippen LogP contribution in [0.5, 0.6) is 0 Å². The minimum absolute atomic E-state index is 0.00454. The SMILES string of the molecule is NS(=O)(=O)c1ccc(CCc2ncnc(N3CCC[C@@H]3c3ccc(C(F)(F)F)cc3)c2F)cc1. The molecule has 1 aromatic heterocycles. The molecule has 0 bridgehead atoms. The van der Waals surface area contributed by atoms with Gasteiger partial charge in [0.05, 0.1) is 22.2 Å². The lowest BCUT2D eigenvalue weighted by Gasteiger charge is -2.27. The average molecular weight is 495 g/mol. The second kappa shape index (κ2) is 9.30. The molecule has 3 aromatic rings. The van der Waals surface area contributed by atoms with Gasteiger partial charge in [-0.15, -0.1) is 0 Å². The summed E-state index contributed by atoms with van der Waals surface area (Å²) in [6, 6.07) is 10.7. The van der Waals surface area contributed by atoms with Gasteiger partial charge in [-0.2, -0.15) is 13.2 Å². The van der Waals surface area contributed by atoms with E-state index in [1.165, 1.54) is 30.6 Å². The van der Waals surface area contributed by atoms with Crippen LogP contribution < -0.4 is 10.0 Å². The second-order valence-corrected chi connectivity index (χ2v) is 9.68. The van der Waals surface area contributed by atoms with Gasteiger partial charge in [0.15, 0.2) is 11.6 Å². The first-order valence-corrected chi connectivity index (χ1v) is 12.1. The molecule has 0 saturated carbocycles. The van der Waals surface area contributed by atoms with Crippen LogP contribution in [0, 0.1) is 5.82 Å². The first-order valence-electron chi connectivity index (χ1n) is 10.6. The van der Waals surface area contributed by atoms with E-state index in [0.717, 1.165) is 24.1 Å². The zero-order valence-electron chi connectivity index (χ0n) is 18.0. The number of aromatic nitrogens is 2. The molecule has 4 rings (SSSR count). The topological polar surface area (TPSA) is 89.2 Å². The van der Waals surface area contributed by atoms with E-state index in [1.807, 2.05) is 0 Å². The van der Waals surface area contributed by atoms with Gasteiger partial charge in [-0.05, 0) is 61.1 Å². The molecule has 1 atom stereocenters. The van der Waals surface area contributed by atoms with Crippen molar-refractivity contribution in [2.75, 3.05) is 11.4 Å². The molecule has 1 saturated heterocycles. The Hall–Kier alpha value is -3.05. The van der Waals surface area contributed by atoms with Crippen molar-refractivity contribution >= 4 is 15.8 Å². The normalized spacial score (nSPS) is 16.7. The average Bonchev–Trinajstić information content (AvgIpc) is 3.27. The van der Waals surface area contributed by atoms with E-state index in [2.05, 4.69) is 9.97 Å². The molecule has 2 N–H and O–H groups in total. The van der Waals surface area contributed by atoms with Crippen molar-refractivity contribution in [1.82, 2.24) is 9.97 Å². The van der Waals surface area contributed by atoms with Crippen LogP contribution in [0.3, 0.4) is 0 Å². The molecular weight excluding hydrogens is 472 g/mol. The van der Waals surface area contributed by atoms with Crippen LogP contribution in [0.1, 0.15) is 41.3 Å². The number of nitrogens with two attached hydrogens (primary N) is 1. The Balaban J connectivity index is 1.51. The predicted molar refractivity (Wildman–Crippen MR) is 118 cm³/mol. The van der Waals surface area contributed by atoms with E-state index in [0.29, 0.717) is 24.9 Å². The number of alkyl halides is 3. The summed E-state index contributed by atoms with van der Waals surface area (Å²) in [7, 11) is -3.79. The highest BCUT2D eigenvalue weighted by molar-refractivity contribution is 7.89. The van der Waals surface area contributed by atoms with Crippen LogP contribution in [0.25, 0.3) is 0 Å². The van der Waals surface area contributed by atoms with Crippen LogP contribution in [0.4, 0.5) is 23.4 Å². The number of anilines is 1. The number of benzene rings is 2. The lowest BCUT2D eigenvalue weighted by molar-refractivity contribution is -0.137. The van der Waals surface area contributed by atoms with Crippen molar-refractivity contribution < 1.29 is 26.0 Å². The van der Waals surface area contributed by atoms with E-state index >= 15 is 4.39 Å². The molecule has 6 nitrogen and oxygen atoms in total. The van der Waals surface area contributed by atoms with Crippen molar-refractivity contribution in [2.45, 2.75) is 42.8 Å². The molecule has 0 spiro atoms. The first-order chi connectivity index (χ1) is 16.0. The number of hydrogen-bond donors (Lipinski definition) is 1. The molecule has 11 heteroatoms. The highest BCUT2D eigenvalue weighted by atomic mass is 32.2. The summed E-state index contributed by atoms with van der Waals surface area (Å²) in [5.74, 6) is -0.445. The molecule has 1 fully saturated rings. The van der Waals surface area contributed by atoms with Crippen molar-refractivity contribution in [1.29, 1.82) is 0 Å². The van der Waals surface area contributed by atoms with Gasteiger partial charge in [-0.3, -0.25) is 0 Å². The maximum Gasteiger partial charge on any atom is 0.416 e. The standard InChI is InChI=1S/C23H22F4N4O2S/c24-21-19(12-5-15-3-10-18(11-4-15)34(28,32)33)29-14-30-22(21)31-13-1-2-20(31)16-6-8-17(9-7-16)23(25,26)27/h3-4,6-11,14,20H,1-2,5,12-13H2,(H2,28,32,33)/t20-/m1/s1. The Morgan fingerprint density at radius 2 is 1.68 bits per heavy atom. The Morgan fingerprint density at radius 3 is 2.29 bits per heavy atom. The molecule has 2 aromatic carbocycles. The largest absolute Gasteiger partial charge is 0.416 e. The molecule has 0 radical (unpaired) electrons. The fourth-order valence-electron chi connectivity index (χ4n) is 4.14. The quantitative estimate of drug-likeness (QED) is 0.513. The molecular formula is C23H22F4N4O2S. The lowest BCUT2D eigenvalue weighted by Crippen LogP contribution is -2.25. The lowest BCUT2D eigenvalue weighted by atomic mass is 10.0. The number of halogens is 4. The molecule has 0 unspecified atom stereocenters. The van der Waals surface area contributed by atoms with Gasteiger partial charge in [0, 0.05) is 6.54 Å². The predicted octanol–water partition coefficient (Wildman–Crippen LogP) is 4.41. The Kier molecular flexibility index (Phi) is 6.59. The third-order valence-corrected chi connectivity index (χ3v) is 6.82. The van der Waals surface area contributed by atoms with Gasteiger partial charge in [0.1, 0.15) is 6.33 Å². The van der Waals surface area contributed by atoms with E-state index < -0.39 is 27.6 Å². The van der Waals surface area contributed by atoms with Gasteiger partial charge in [-0.1, -0.05) is 24.3 Å². The fraction of sp³-hybridized carbons (Fsp3) is 0.304. The van der Waals surface area contributed by atoms with E-state index in [1.54, 1.807) is 17.0 Å². The number of nitrogens with zero attached hydrogens (tertiary/aromatic N) is 3. The fourth-order valence-corrected chi connectivity index (χ4v) is 4.66. The van der Waals surface area contributed by atoms with Gasteiger partial charge in [0.2, 0.25) is 10.0 Å². The molecule has 0 aliphatic carbocycles. The van der Waals surface area contributed by atoms with Crippen LogP contribution >= 0.6 is 0 Å². The maximum atomic E-state index is 15.3. The summed E-state index contributed by atoms with van der Waals surface area (Å²) < 4.78 is 76.8. The molecule has 1 aliphatic rings. The maximum absolute atomic E-state index is 15.3. The van der Waals surface area contributed by atoms with Crippen molar-refractivity contribution in [3.05, 3.63) is 83.1 Å². The van der Waals surface area contributed by atoms with Crippen molar-refractivity contribution in [2.24, 2.45) is 5.14 Å². The zero-order valence-corrected chi connectivity index (χ0v) is 18.8. The summed E-state index contributed by atoms with van der Waals surface area (Å²) in [4.78, 5) is 9.95. The summed E-state index contributed by atoms with van der Waals surface area (Å²) in [5, 5.41) is 5.10. The molecule has 1 aliphatic heterocycles. The molecule has 2 heterocycles. The zero-order chi connectivity index (χ0) is 24.5. The molecule has 180 valence electrons. The second-order valence-electron chi connectivity index (χ2n) is 8.12. The van der Waals surface area contributed by atoms with Crippen molar-refractivity contribution in [3.63, 3.8) is 0 Å². The van der Waals surface area contributed by atoms with Crippen LogP contribution in [0.2, 0.25) is 0 Å².